The zero-order valence-electron chi connectivity index (χ0n) is 14.6. The van der Waals surface area contributed by atoms with E-state index in [4.69, 9.17) is 0 Å². The number of halogens is 1. The summed E-state index contributed by atoms with van der Waals surface area (Å²) in [4.78, 5) is 27.8. The summed E-state index contributed by atoms with van der Waals surface area (Å²) in [6.45, 7) is 2.92. The number of nitrogens with zero attached hydrogens (tertiary/aromatic N) is 7. The Balaban J connectivity index is 1.48. The maximum absolute atomic E-state index is 13.9. The maximum atomic E-state index is 13.9. The van der Waals surface area contributed by atoms with Crippen LogP contribution in [0.4, 0.5) is 16.0 Å². The first-order valence-electron chi connectivity index (χ1n) is 8.63. The maximum Gasteiger partial charge on any atom is 0.267 e. The molecule has 138 valence electrons. The van der Waals surface area contributed by atoms with Crippen LogP contribution >= 0.6 is 0 Å². The largest absolute Gasteiger partial charge is 0.352 e. The second-order valence-corrected chi connectivity index (χ2v) is 6.21. The molecule has 0 N–H and O–H groups in total. The van der Waals surface area contributed by atoms with Crippen molar-refractivity contribution in [1.29, 1.82) is 0 Å². The van der Waals surface area contributed by atoms with Crippen LogP contribution in [0.1, 0.15) is 5.56 Å². The highest BCUT2D eigenvalue weighted by molar-refractivity contribution is 5.44. The Kier molecular flexibility index (Phi) is 4.73. The molecule has 0 atom stereocenters. The topological polar surface area (TPSA) is 80.0 Å². The van der Waals surface area contributed by atoms with Gasteiger partial charge >= 0.3 is 0 Å². The average Bonchev–Trinajstić information content (AvgIpc) is 2.71. The lowest BCUT2D eigenvalue weighted by Gasteiger charge is -2.36. The minimum Gasteiger partial charge on any atom is -0.352 e. The molecule has 0 unspecified atom stereocenters. The molecule has 3 aromatic rings. The number of aromatic nitrogens is 5. The van der Waals surface area contributed by atoms with Gasteiger partial charge in [0.05, 0.1) is 12.7 Å². The summed E-state index contributed by atoms with van der Waals surface area (Å²) in [6.07, 6.45) is 5.90. The normalized spacial score (nSPS) is 14.4. The third-order valence-electron chi connectivity index (χ3n) is 4.49. The Labute approximate surface area is 154 Å². The van der Waals surface area contributed by atoms with E-state index in [1.165, 1.54) is 23.3 Å². The second kappa shape index (κ2) is 7.48. The Hall–Kier alpha value is -3.36. The van der Waals surface area contributed by atoms with Gasteiger partial charge < -0.3 is 9.80 Å². The molecular weight excluding hydrogens is 349 g/mol. The van der Waals surface area contributed by atoms with Crippen LogP contribution in [-0.4, -0.2) is 50.9 Å². The van der Waals surface area contributed by atoms with Crippen molar-refractivity contribution in [2.45, 2.75) is 6.54 Å². The molecule has 0 saturated carbocycles. The molecule has 0 amide bonds. The number of pyridine rings is 1. The van der Waals surface area contributed by atoms with Gasteiger partial charge in [0.25, 0.3) is 5.56 Å². The first-order chi connectivity index (χ1) is 13.2. The molecule has 1 fully saturated rings. The summed E-state index contributed by atoms with van der Waals surface area (Å²) in [5.41, 5.74) is 0.804. The number of rotatable bonds is 4. The van der Waals surface area contributed by atoms with Gasteiger partial charge in [-0.25, -0.2) is 19.0 Å². The van der Waals surface area contributed by atoms with Crippen molar-refractivity contribution in [3.63, 3.8) is 0 Å². The Morgan fingerprint density at radius 1 is 0.963 bits per heavy atom. The minimum atomic E-state index is -0.421. The highest BCUT2D eigenvalue weighted by Crippen LogP contribution is 2.18. The van der Waals surface area contributed by atoms with Gasteiger partial charge in [0.15, 0.2) is 11.6 Å². The number of hydrogen-bond acceptors (Lipinski definition) is 7. The van der Waals surface area contributed by atoms with Gasteiger partial charge in [-0.15, -0.1) is 0 Å². The summed E-state index contributed by atoms with van der Waals surface area (Å²) >= 11 is 0. The molecule has 0 spiro atoms. The monoisotopic (exact) mass is 367 g/mol. The highest BCUT2D eigenvalue weighted by atomic mass is 19.1. The van der Waals surface area contributed by atoms with E-state index in [2.05, 4.69) is 25.0 Å². The van der Waals surface area contributed by atoms with Crippen molar-refractivity contribution < 1.29 is 4.39 Å². The van der Waals surface area contributed by atoms with Crippen LogP contribution in [0.3, 0.4) is 0 Å². The van der Waals surface area contributed by atoms with Gasteiger partial charge in [-0.3, -0.25) is 9.78 Å². The molecule has 0 radical (unpaired) electrons. The van der Waals surface area contributed by atoms with Crippen molar-refractivity contribution in [1.82, 2.24) is 24.7 Å². The van der Waals surface area contributed by atoms with Gasteiger partial charge in [-0.2, -0.15) is 5.10 Å². The van der Waals surface area contributed by atoms with E-state index in [0.717, 1.165) is 11.4 Å². The van der Waals surface area contributed by atoms with Gasteiger partial charge in [-0.1, -0.05) is 0 Å². The van der Waals surface area contributed by atoms with Crippen molar-refractivity contribution in [2.24, 2.45) is 0 Å². The predicted octanol–water partition coefficient (Wildman–Crippen LogP) is 0.942. The van der Waals surface area contributed by atoms with Gasteiger partial charge in [0.1, 0.15) is 12.1 Å². The molecule has 3 aromatic heterocycles. The van der Waals surface area contributed by atoms with Crippen molar-refractivity contribution >= 4 is 11.6 Å². The Bertz CT molecular complexity index is 971. The molecular formula is C18H18FN7O. The highest BCUT2D eigenvalue weighted by Gasteiger charge is 2.21. The lowest BCUT2D eigenvalue weighted by Crippen LogP contribution is -2.47. The predicted molar refractivity (Wildman–Crippen MR) is 98.3 cm³/mol. The third-order valence-corrected chi connectivity index (χ3v) is 4.49. The van der Waals surface area contributed by atoms with Crippen LogP contribution < -0.4 is 15.4 Å². The molecule has 4 heterocycles. The third kappa shape index (κ3) is 3.76. The fourth-order valence-corrected chi connectivity index (χ4v) is 3.07. The van der Waals surface area contributed by atoms with E-state index < -0.39 is 5.82 Å². The number of hydrogen-bond donors (Lipinski definition) is 0. The van der Waals surface area contributed by atoms with E-state index in [0.29, 0.717) is 38.5 Å². The molecule has 27 heavy (non-hydrogen) atoms. The van der Waals surface area contributed by atoms with Gasteiger partial charge in [0.2, 0.25) is 0 Å². The van der Waals surface area contributed by atoms with Crippen molar-refractivity contribution in [3.8, 4) is 0 Å². The fourth-order valence-electron chi connectivity index (χ4n) is 3.07. The van der Waals surface area contributed by atoms with Crippen molar-refractivity contribution in [3.05, 3.63) is 70.9 Å². The fraction of sp³-hybridized carbons (Fsp3) is 0.278. The number of anilines is 2. The van der Waals surface area contributed by atoms with E-state index >= 15 is 0 Å². The van der Waals surface area contributed by atoms with Gasteiger partial charge in [0, 0.05) is 44.6 Å². The number of piperazine rings is 1. The molecule has 1 aliphatic rings. The lowest BCUT2D eigenvalue weighted by molar-refractivity contribution is 0.572. The molecule has 8 nitrogen and oxygen atoms in total. The van der Waals surface area contributed by atoms with Crippen LogP contribution in [0.5, 0.6) is 0 Å². The summed E-state index contributed by atoms with van der Waals surface area (Å²) in [7, 11) is 0. The molecule has 0 aromatic carbocycles. The molecule has 4 rings (SSSR count). The van der Waals surface area contributed by atoms with Crippen LogP contribution in [0.15, 0.2) is 54.0 Å². The van der Waals surface area contributed by atoms with Crippen LogP contribution in [0.2, 0.25) is 0 Å². The zero-order valence-corrected chi connectivity index (χ0v) is 14.6. The minimum absolute atomic E-state index is 0.155. The van der Waals surface area contributed by atoms with Crippen LogP contribution in [0, 0.1) is 5.82 Å². The quantitative estimate of drug-likeness (QED) is 0.679. The van der Waals surface area contributed by atoms with E-state index in [9.17, 15) is 9.18 Å². The van der Waals surface area contributed by atoms with E-state index in [1.807, 2.05) is 17.0 Å². The Morgan fingerprint density at radius 3 is 2.44 bits per heavy atom. The molecule has 9 heteroatoms. The zero-order chi connectivity index (χ0) is 18.6. The lowest BCUT2D eigenvalue weighted by atomic mass is 10.3. The first-order valence-corrected chi connectivity index (χ1v) is 8.63. The summed E-state index contributed by atoms with van der Waals surface area (Å²) in [6, 6.07) is 6.97. The first kappa shape index (κ1) is 17.1. The SMILES string of the molecule is O=c1ccc(N2CCN(c3ncncc3F)CC2)nn1Cc1ccncc1. The average molecular weight is 367 g/mol. The molecule has 0 aliphatic carbocycles. The molecule has 1 saturated heterocycles. The molecule has 1 aliphatic heterocycles. The van der Waals surface area contributed by atoms with Gasteiger partial charge in [-0.05, 0) is 23.8 Å². The van der Waals surface area contributed by atoms with E-state index in [1.54, 1.807) is 18.5 Å². The summed E-state index contributed by atoms with van der Waals surface area (Å²) < 4.78 is 15.3. The standard InChI is InChI=1S/C18H18FN7O/c19-15-11-21-13-22-18(15)25-9-7-24(8-10-25)16-1-2-17(27)26(23-16)12-14-3-5-20-6-4-14/h1-6,11,13H,7-10,12H2. The van der Waals surface area contributed by atoms with E-state index in [-0.39, 0.29) is 5.56 Å². The summed E-state index contributed by atoms with van der Waals surface area (Å²) in [5, 5.41) is 4.50. The summed E-state index contributed by atoms with van der Waals surface area (Å²) in [5.74, 6) is 0.627. The van der Waals surface area contributed by atoms with Crippen LogP contribution in [-0.2, 0) is 6.54 Å². The Morgan fingerprint density at radius 2 is 1.70 bits per heavy atom. The molecule has 0 bridgehead atoms. The second-order valence-electron chi connectivity index (χ2n) is 6.21. The smallest absolute Gasteiger partial charge is 0.267 e. The van der Waals surface area contributed by atoms with Crippen molar-refractivity contribution in [2.75, 3.05) is 36.0 Å². The van der Waals surface area contributed by atoms with Crippen LogP contribution in [0.25, 0.3) is 0 Å².